The summed E-state index contributed by atoms with van der Waals surface area (Å²) in [6, 6.07) is 16.1. The van der Waals surface area contributed by atoms with Crippen molar-refractivity contribution < 1.29 is 15.0 Å². The van der Waals surface area contributed by atoms with Crippen LogP contribution in [0.3, 0.4) is 0 Å². The van der Waals surface area contributed by atoms with Gasteiger partial charge in [-0.15, -0.1) is 10.2 Å². The molecule has 0 amide bonds. The normalized spacial score (nSPS) is 13.4. The van der Waals surface area contributed by atoms with E-state index in [0.717, 1.165) is 32.8 Å². The van der Waals surface area contributed by atoms with Gasteiger partial charge in [-0.2, -0.15) is 0 Å². The SMILES string of the molecule is O=C(O)c1ccc(/C=C/C2=c3cc/c(=C/c4c(O)[nH]c5ncccc45)cc3N=N2)cc1. The first-order chi connectivity index (χ1) is 15.1. The average Bonchev–Trinajstić information content (AvgIpc) is 3.33. The summed E-state index contributed by atoms with van der Waals surface area (Å²) in [5, 5.41) is 30.4. The minimum atomic E-state index is -0.951. The van der Waals surface area contributed by atoms with Crippen LogP contribution in [0.5, 0.6) is 5.88 Å². The number of nitrogens with zero attached hydrogens (tertiary/aromatic N) is 3. The zero-order valence-electron chi connectivity index (χ0n) is 16.1. The smallest absolute Gasteiger partial charge is 0.335 e. The van der Waals surface area contributed by atoms with E-state index in [1.807, 2.05) is 48.6 Å². The number of aromatic nitrogens is 2. The van der Waals surface area contributed by atoms with E-state index in [9.17, 15) is 9.90 Å². The molecule has 1 aliphatic rings. The number of hydrogen-bond acceptors (Lipinski definition) is 5. The Hall–Kier alpha value is -4.52. The lowest BCUT2D eigenvalue weighted by molar-refractivity contribution is 0.0697. The summed E-state index contributed by atoms with van der Waals surface area (Å²) in [5.74, 6) is -0.881. The average molecular weight is 408 g/mol. The quantitative estimate of drug-likeness (QED) is 0.478. The molecule has 0 radical (unpaired) electrons. The van der Waals surface area contributed by atoms with Gasteiger partial charge < -0.3 is 15.2 Å². The lowest BCUT2D eigenvalue weighted by Crippen LogP contribution is -2.08. The van der Waals surface area contributed by atoms with Gasteiger partial charge in [0, 0.05) is 22.4 Å². The highest BCUT2D eigenvalue weighted by Crippen LogP contribution is 2.26. The summed E-state index contributed by atoms with van der Waals surface area (Å²) >= 11 is 0. The van der Waals surface area contributed by atoms with Crippen LogP contribution < -0.4 is 10.4 Å². The number of azo groups is 1. The molecule has 0 unspecified atom stereocenters. The van der Waals surface area contributed by atoms with Crippen LogP contribution in [0, 0.1) is 0 Å². The van der Waals surface area contributed by atoms with Crippen LogP contribution >= 0.6 is 0 Å². The van der Waals surface area contributed by atoms with E-state index in [1.54, 1.807) is 30.5 Å². The molecule has 0 fully saturated rings. The number of pyridine rings is 1. The van der Waals surface area contributed by atoms with Crippen LogP contribution in [0.2, 0.25) is 0 Å². The predicted octanol–water partition coefficient (Wildman–Crippen LogP) is 3.71. The molecule has 0 saturated heterocycles. The first-order valence-electron chi connectivity index (χ1n) is 9.53. The molecule has 0 atom stereocenters. The second kappa shape index (κ2) is 7.38. The van der Waals surface area contributed by atoms with Gasteiger partial charge in [-0.1, -0.05) is 24.3 Å². The monoisotopic (exact) mass is 408 g/mol. The van der Waals surface area contributed by atoms with Gasteiger partial charge in [-0.25, -0.2) is 9.78 Å². The number of benzene rings is 2. The lowest BCUT2D eigenvalue weighted by Gasteiger charge is -1.96. The molecule has 5 rings (SSSR count). The van der Waals surface area contributed by atoms with Crippen molar-refractivity contribution in [2.75, 3.05) is 0 Å². The van der Waals surface area contributed by atoms with Gasteiger partial charge in [-0.05, 0) is 59.3 Å². The minimum Gasteiger partial charge on any atom is -0.494 e. The third-order valence-electron chi connectivity index (χ3n) is 5.06. The molecule has 0 saturated carbocycles. The first kappa shape index (κ1) is 18.5. The van der Waals surface area contributed by atoms with Crippen LogP contribution in [0.15, 0.2) is 77.1 Å². The molecule has 0 spiro atoms. The molecular weight excluding hydrogens is 392 g/mol. The molecule has 3 N–H and O–H groups in total. The molecular formula is C24H16N4O3. The lowest BCUT2D eigenvalue weighted by atomic mass is 10.1. The zero-order chi connectivity index (χ0) is 21.4. The number of carboxylic acid groups (broad SMARTS) is 1. The molecule has 31 heavy (non-hydrogen) atoms. The molecule has 0 aliphatic carbocycles. The molecule has 4 aromatic rings. The van der Waals surface area contributed by atoms with Crippen molar-refractivity contribution in [3.05, 3.63) is 94.0 Å². The second-order valence-corrected chi connectivity index (χ2v) is 7.05. The van der Waals surface area contributed by atoms with Gasteiger partial charge in [0.15, 0.2) is 5.88 Å². The van der Waals surface area contributed by atoms with Gasteiger partial charge in [0.05, 0.1) is 16.9 Å². The van der Waals surface area contributed by atoms with E-state index in [1.165, 1.54) is 0 Å². The highest BCUT2D eigenvalue weighted by atomic mass is 16.4. The van der Waals surface area contributed by atoms with E-state index >= 15 is 0 Å². The third kappa shape index (κ3) is 3.49. The van der Waals surface area contributed by atoms with E-state index in [-0.39, 0.29) is 11.4 Å². The van der Waals surface area contributed by atoms with Gasteiger partial charge in [0.2, 0.25) is 0 Å². The van der Waals surface area contributed by atoms with Gasteiger partial charge >= 0.3 is 5.97 Å². The van der Waals surface area contributed by atoms with Crippen LogP contribution in [0.25, 0.3) is 28.9 Å². The summed E-state index contributed by atoms with van der Waals surface area (Å²) in [5.41, 5.74) is 3.89. The summed E-state index contributed by atoms with van der Waals surface area (Å²) in [7, 11) is 0. The molecule has 2 aromatic carbocycles. The topological polar surface area (TPSA) is 111 Å². The summed E-state index contributed by atoms with van der Waals surface area (Å²) in [6.07, 6.45) is 7.27. The molecule has 3 heterocycles. The van der Waals surface area contributed by atoms with E-state index in [0.29, 0.717) is 11.2 Å². The van der Waals surface area contributed by atoms with E-state index < -0.39 is 5.97 Å². The number of rotatable bonds is 4. The standard InChI is InChI=1S/C24H16N4O3/c29-23-19(17-2-1-11-25-22(17)26-23)12-15-5-9-18-20(27-28-21(18)13-15)10-6-14-3-7-16(8-4-14)24(30)31/h1-13,29H,(H,25,26)(H,30,31)/b10-6+,15-12-. The van der Waals surface area contributed by atoms with Crippen LogP contribution in [0.4, 0.5) is 5.69 Å². The Morgan fingerprint density at radius 1 is 1.00 bits per heavy atom. The van der Waals surface area contributed by atoms with Crippen molar-refractivity contribution >= 4 is 40.5 Å². The van der Waals surface area contributed by atoms with E-state index in [2.05, 4.69) is 20.2 Å². The van der Waals surface area contributed by atoms with Crippen molar-refractivity contribution in [2.24, 2.45) is 10.2 Å². The fraction of sp³-hybridized carbons (Fsp3) is 0. The first-order valence-corrected chi connectivity index (χ1v) is 9.53. The van der Waals surface area contributed by atoms with Crippen molar-refractivity contribution in [1.29, 1.82) is 0 Å². The molecule has 150 valence electrons. The largest absolute Gasteiger partial charge is 0.494 e. The van der Waals surface area contributed by atoms with Gasteiger partial charge in [-0.3, -0.25) is 0 Å². The van der Waals surface area contributed by atoms with E-state index in [4.69, 9.17) is 5.11 Å². The Morgan fingerprint density at radius 3 is 2.65 bits per heavy atom. The van der Waals surface area contributed by atoms with Crippen molar-refractivity contribution in [3.63, 3.8) is 0 Å². The molecule has 2 aromatic heterocycles. The number of carboxylic acids is 1. The van der Waals surface area contributed by atoms with Crippen LogP contribution in [-0.2, 0) is 0 Å². The number of nitrogens with one attached hydrogen (secondary N) is 1. The van der Waals surface area contributed by atoms with Crippen molar-refractivity contribution in [2.45, 2.75) is 0 Å². The fourth-order valence-electron chi connectivity index (χ4n) is 3.48. The Balaban J connectivity index is 1.49. The highest BCUT2D eigenvalue weighted by Gasteiger charge is 2.10. The Bertz CT molecular complexity index is 1510. The number of fused-ring (bicyclic) bond motifs is 2. The summed E-state index contributed by atoms with van der Waals surface area (Å²) < 4.78 is 0. The Kier molecular flexibility index (Phi) is 4.41. The van der Waals surface area contributed by atoms with Gasteiger partial charge in [0.1, 0.15) is 5.65 Å². The number of aromatic carboxylic acids is 1. The van der Waals surface area contributed by atoms with Crippen LogP contribution in [-0.4, -0.2) is 26.2 Å². The maximum Gasteiger partial charge on any atom is 0.335 e. The Labute approximate surface area is 176 Å². The number of hydrogen-bond donors (Lipinski definition) is 3. The second-order valence-electron chi connectivity index (χ2n) is 7.05. The maximum atomic E-state index is 11.0. The predicted molar refractivity (Wildman–Crippen MR) is 117 cm³/mol. The van der Waals surface area contributed by atoms with Crippen molar-refractivity contribution in [1.82, 2.24) is 9.97 Å². The molecule has 0 bridgehead atoms. The van der Waals surface area contributed by atoms with Crippen LogP contribution in [0.1, 0.15) is 21.5 Å². The Morgan fingerprint density at radius 2 is 1.84 bits per heavy atom. The number of carbonyl (C=O) groups is 1. The molecule has 7 heteroatoms. The number of aromatic amines is 1. The number of aromatic hydroxyl groups is 1. The molecule has 7 nitrogen and oxygen atoms in total. The van der Waals surface area contributed by atoms with Crippen molar-refractivity contribution in [3.8, 4) is 5.88 Å². The maximum absolute atomic E-state index is 11.0. The van der Waals surface area contributed by atoms with Gasteiger partial charge in [0.25, 0.3) is 0 Å². The third-order valence-corrected chi connectivity index (χ3v) is 5.06. The fourth-order valence-corrected chi connectivity index (χ4v) is 3.48. The summed E-state index contributed by atoms with van der Waals surface area (Å²) in [6.45, 7) is 0. The zero-order valence-corrected chi connectivity index (χ0v) is 16.1. The highest BCUT2D eigenvalue weighted by molar-refractivity contribution is 5.89. The molecule has 1 aliphatic heterocycles. The summed E-state index contributed by atoms with van der Waals surface area (Å²) in [4.78, 5) is 18.1. The number of H-pyrrole nitrogens is 1. The minimum absolute atomic E-state index is 0.0694.